The van der Waals surface area contributed by atoms with E-state index in [9.17, 15) is 0 Å². The van der Waals surface area contributed by atoms with Gasteiger partial charge in [-0.05, 0) is 33.7 Å². The van der Waals surface area contributed by atoms with Crippen LogP contribution in [0.3, 0.4) is 0 Å². The molecule has 0 radical (unpaired) electrons. The zero-order chi connectivity index (χ0) is 13.4. The van der Waals surface area contributed by atoms with Crippen molar-refractivity contribution in [1.29, 1.82) is 0 Å². The lowest BCUT2D eigenvalue weighted by atomic mass is 10.0. The van der Waals surface area contributed by atoms with E-state index >= 15 is 0 Å². The van der Waals surface area contributed by atoms with E-state index in [4.69, 9.17) is 9.47 Å². The molecule has 0 heterocycles. The van der Waals surface area contributed by atoms with Crippen LogP contribution in [-0.4, -0.2) is 41.0 Å². The molecule has 0 bridgehead atoms. The van der Waals surface area contributed by atoms with Gasteiger partial charge in [-0.3, -0.25) is 0 Å². The number of hydrogen-bond acceptors (Lipinski definition) is 3. The molecular weight excluding hydrogens is 230 g/mol. The highest BCUT2D eigenvalue weighted by atomic mass is 28.1. The van der Waals surface area contributed by atoms with Gasteiger partial charge in [-0.2, -0.15) is 0 Å². The van der Waals surface area contributed by atoms with Crippen molar-refractivity contribution < 1.29 is 9.47 Å². The highest BCUT2D eigenvalue weighted by Gasteiger charge is 2.42. The molecule has 0 aliphatic carbocycles. The molecule has 0 aromatic heterocycles. The predicted octanol–water partition coefficient (Wildman–Crippen LogP) is 1.64. The smallest absolute Gasteiger partial charge is 0.158 e. The summed E-state index contributed by atoms with van der Waals surface area (Å²) in [5, 5.41) is 3.47. The van der Waals surface area contributed by atoms with Crippen molar-refractivity contribution in [3.63, 3.8) is 0 Å². The maximum Gasteiger partial charge on any atom is 0.158 e. The Balaban J connectivity index is 4.42. The first-order valence-electron chi connectivity index (χ1n) is 6.96. The molecule has 0 aliphatic rings. The fourth-order valence-electron chi connectivity index (χ4n) is 1.90. The second-order valence-corrected chi connectivity index (χ2v) is 6.41. The fourth-order valence-corrected chi connectivity index (χ4v) is 2.57. The molecule has 104 valence electrons. The van der Waals surface area contributed by atoms with Crippen molar-refractivity contribution in [2.45, 2.75) is 64.8 Å². The maximum atomic E-state index is 6.07. The Kier molecular flexibility index (Phi) is 8.29. The van der Waals surface area contributed by atoms with Gasteiger partial charge >= 0.3 is 0 Å². The SMILES string of the molecule is CCCCCOC([SiH3])(OCC)C(C)(C)NCC. The third-order valence-electron chi connectivity index (χ3n) is 3.30. The predicted molar refractivity (Wildman–Crippen MR) is 77.5 cm³/mol. The average molecular weight is 261 g/mol. The highest BCUT2D eigenvalue weighted by molar-refractivity contribution is 6.14. The normalized spacial score (nSPS) is 16.1. The largest absolute Gasteiger partial charge is 0.353 e. The van der Waals surface area contributed by atoms with Gasteiger partial charge in [0.05, 0.1) is 15.8 Å². The van der Waals surface area contributed by atoms with Crippen LogP contribution < -0.4 is 5.32 Å². The van der Waals surface area contributed by atoms with Crippen molar-refractivity contribution in [2.75, 3.05) is 19.8 Å². The molecule has 1 atom stereocenters. The summed E-state index contributed by atoms with van der Waals surface area (Å²) in [7, 11) is 0.862. The van der Waals surface area contributed by atoms with E-state index in [1.165, 1.54) is 12.8 Å². The summed E-state index contributed by atoms with van der Waals surface area (Å²) in [6.45, 7) is 13.1. The number of hydrogen-bond donors (Lipinski definition) is 1. The van der Waals surface area contributed by atoms with E-state index in [0.29, 0.717) is 6.61 Å². The Morgan fingerprint density at radius 1 is 1.06 bits per heavy atom. The van der Waals surface area contributed by atoms with Crippen LogP contribution >= 0.6 is 0 Å². The molecule has 0 aromatic rings. The summed E-state index contributed by atoms with van der Waals surface area (Å²) < 4.78 is 12.0. The summed E-state index contributed by atoms with van der Waals surface area (Å²) in [6.07, 6.45) is 3.57. The molecule has 3 nitrogen and oxygen atoms in total. The second-order valence-electron chi connectivity index (χ2n) is 5.09. The number of nitrogens with one attached hydrogen (secondary N) is 1. The lowest BCUT2D eigenvalue weighted by Crippen LogP contribution is -2.62. The molecule has 4 heteroatoms. The van der Waals surface area contributed by atoms with Crippen LogP contribution in [0.15, 0.2) is 0 Å². The van der Waals surface area contributed by atoms with Gasteiger partial charge in [-0.15, -0.1) is 0 Å². The third-order valence-corrected chi connectivity index (χ3v) is 5.13. The number of rotatable bonds is 10. The summed E-state index contributed by atoms with van der Waals surface area (Å²) >= 11 is 0. The van der Waals surface area contributed by atoms with Crippen LogP contribution in [0.1, 0.15) is 53.9 Å². The fraction of sp³-hybridized carbons (Fsp3) is 1.00. The summed E-state index contributed by atoms with van der Waals surface area (Å²) in [6, 6.07) is 0. The molecule has 17 heavy (non-hydrogen) atoms. The van der Waals surface area contributed by atoms with Gasteiger partial charge in [0.15, 0.2) is 5.41 Å². The molecule has 0 saturated carbocycles. The maximum absolute atomic E-state index is 6.07. The van der Waals surface area contributed by atoms with E-state index in [0.717, 1.165) is 29.8 Å². The van der Waals surface area contributed by atoms with Gasteiger partial charge in [-0.1, -0.05) is 26.7 Å². The topological polar surface area (TPSA) is 30.5 Å². The first kappa shape index (κ1) is 17.1. The number of ether oxygens (including phenoxy) is 2. The minimum absolute atomic E-state index is 0.129. The lowest BCUT2D eigenvalue weighted by molar-refractivity contribution is -0.215. The zero-order valence-electron chi connectivity index (χ0n) is 12.6. The van der Waals surface area contributed by atoms with Crippen LogP contribution in [0.25, 0.3) is 0 Å². The summed E-state index contributed by atoms with van der Waals surface area (Å²) in [5.74, 6) is 0. The first-order chi connectivity index (χ1) is 7.93. The Morgan fingerprint density at radius 2 is 1.71 bits per heavy atom. The standard InChI is InChI=1S/C13H31NO2Si/c1-6-9-10-11-16-13(17,15-8-3)12(4,5)14-7-2/h14H,6-11H2,1-5,17H3. The molecule has 0 saturated heterocycles. The second kappa shape index (κ2) is 8.24. The highest BCUT2D eigenvalue weighted by Crippen LogP contribution is 2.25. The van der Waals surface area contributed by atoms with Gasteiger partial charge in [0, 0.05) is 13.2 Å². The van der Waals surface area contributed by atoms with Gasteiger partial charge in [0.2, 0.25) is 0 Å². The van der Waals surface area contributed by atoms with Crippen LogP contribution in [0.5, 0.6) is 0 Å². The van der Waals surface area contributed by atoms with Gasteiger partial charge in [0.25, 0.3) is 0 Å². The number of unbranched alkanes of at least 4 members (excludes halogenated alkanes) is 2. The monoisotopic (exact) mass is 261 g/mol. The van der Waals surface area contributed by atoms with Crippen molar-refractivity contribution >= 4 is 10.2 Å². The Labute approximate surface area is 110 Å². The Bertz CT molecular complexity index is 200. The molecule has 0 rings (SSSR count). The number of likely N-dealkylation sites (N-methyl/N-ethyl adjacent to an activating group) is 1. The van der Waals surface area contributed by atoms with Crippen molar-refractivity contribution in [1.82, 2.24) is 5.32 Å². The molecular formula is C13H31NO2Si. The van der Waals surface area contributed by atoms with Crippen LogP contribution in [0.2, 0.25) is 0 Å². The van der Waals surface area contributed by atoms with Crippen LogP contribution in [-0.2, 0) is 9.47 Å². The summed E-state index contributed by atoms with van der Waals surface area (Å²) in [5.41, 5.74) is -0.554. The van der Waals surface area contributed by atoms with Crippen LogP contribution in [0.4, 0.5) is 0 Å². The van der Waals surface area contributed by atoms with Gasteiger partial charge in [-0.25, -0.2) is 0 Å². The molecule has 1 unspecified atom stereocenters. The van der Waals surface area contributed by atoms with E-state index in [1.54, 1.807) is 0 Å². The molecule has 0 amide bonds. The average Bonchev–Trinajstić information content (AvgIpc) is 2.24. The van der Waals surface area contributed by atoms with E-state index in [-0.39, 0.29) is 5.54 Å². The van der Waals surface area contributed by atoms with Gasteiger partial charge < -0.3 is 14.8 Å². The Morgan fingerprint density at radius 3 is 2.18 bits per heavy atom. The van der Waals surface area contributed by atoms with Crippen molar-refractivity contribution in [2.24, 2.45) is 0 Å². The zero-order valence-corrected chi connectivity index (χ0v) is 14.6. The van der Waals surface area contributed by atoms with E-state index < -0.39 is 5.41 Å². The lowest BCUT2D eigenvalue weighted by Gasteiger charge is -2.44. The quantitative estimate of drug-likeness (QED) is 0.368. The molecule has 0 spiro atoms. The molecule has 0 aliphatic heterocycles. The minimum Gasteiger partial charge on any atom is -0.353 e. The minimum atomic E-state index is -0.425. The molecule has 0 aromatic carbocycles. The van der Waals surface area contributed by atoms with Crippen molar-refractivity contribution in [3.8, 4) is 0 Å². The summed E-state index contributed by atoms with van der Waals surface area (Å²) in [4.78, 5) is 0. The van der Waals surface area contributed by atoms with E-state index in [2.05, 4.69) is 33.0 Å². The van der Waals surface area contributed by atoms with Crippen LogP contribution in [0, 0.1) is 0 Å². The first-order valence-corrected chi connectivity index (χ1v) is 7.96. The molecule has 0 fully saturated rings. The van der Waals surface area contributed by atoms with E-state index in [1.807, 2.05) is 6.92 Å². The van der Waals surface area contributed by atoms with Crippen molar-refractivity contribution in [3.05, 3.63) is 0 Å². The third kappa shape index (κ3) is 5.51. The Hall–Kier alpha value is 0.0969. The van der Waals surface area contributed by atoms with Gasteiger partial charge in [0.1, 0.15) is 0 Å². The molecule has 1 N–H and O–H groups in total.